The van der Waals surface area contributed by atoms with Gasteiger partial charge in [-0.2, -0.15) is 0 Å². The lowest BCUT2D eigenvalue weighted by atomic mass is 9.97. The summed E-state index contributed by atoms with van der Waals surface area (Å²) in [6.45, 7) is 4.75. The van der Waals surface area contributed by atoms with Gasteiger partial charge in [-0.1, -0.05) is 20.3 Å². The maximum atomic E-state index is 13.0. The molecule has 35 heavy (non-hydrogen) atoms. The average molecular weight is 495 g/mol. The molecular formula is C21H30N6O8. The van der Waals surface area contributed by atoms with Gasteiger partial charge in [-0.25, -0.2) is 0 Å². The number of primary amides is 2. The van der Waals surface area contributed by atoms with Gasteiger partial charge in [0.05, 0.1) is 30.1 Å². The van der Waals surface area contributed by atoms with Gasteiger partial charge in [-0.15, -0.1) is 0 Å². The Labute approximate surface area is 201 Å². The van der Waals surface area contributed by atoms with E-state index >= 15 is 0 Å². The number of hydrogen-bond acceptors (Lipinski definition) is 8. The number of nitro benzene ring substituents is 1. The van der Waals surface area contributed by atoms with E-state index in [9.17, 15) is 34.1 Å². The lowest BCUT2D eigenvalue weighted by Crippen LogP contribution is -2.56. The van der Waals surface area contributed by atoms with Gasteiger partial charge in [0, 0.05) is 12.1 Å². The highest BCUT2D eigenvalue weighted by Crippen LogP contribution is 2.25. The van der Waals surface area contributed by atoms with Gasteiger partial charge in [0.1, 0.15) is 17.8 Å². The van der Waals surface area contributed by atoms with Gasteiger partial charge in [0.25, 0.3) is 11.6 Å². The summed E-state index contributed by atoms with van der Waals surface area (Å²) in [5.74, 6) is -4.60. The minimum absolute atomic E-state index is 0.0799. The van der Waals surface area contributed by atoms with Crippen molar-refractivity contribution in [3.63, 3.8) is 0 Å². The highest BCUT2D eigenvalue weighted by Gasteiger charge is 2.32. The fourth-order valence-electron chi connectivity index (χ4n) is 2.98. The fraction of sp³-hybridized carbons (Fsp3) is 0.476. The summed E-state index contributed by atoms with van der Waals surface area (Å²) < 4.78 is 5.38. The van der Waals surface area contributed by atoms with Gasteiger partial charge in [0.2, 0.25) is 23.6 Å². The van der Waals surface area contributed by atoms with Crippen molar-refractivity contribution in [2.24, 2.45) is 17.4 Å². The van der Waals surface area contributed by atoms with Gasteiger partial charge in [-0.3, -0.25) is 34.1 Å². The van der Waals surface area contributed by atoms with E-state index in [-0.39, 0.29) is 23.6 Å². The molecule has 1 rings (SSSR count). The molecule has 192 valence electrons. The van der Waals surface area contributed by atoms with Crippen molar-refractivity contribution in [2.45, 2.75) is 45.7 Å². The molecular weight excluding hydrogens is 464 g/mol. The summed E-state index contributed by atoms with van der Waals surface area (Å²) in [6.07, 6.45) is -0.142. The third-order valence-corrected chi connectivity index (χ3v) is 4.98. The molecule has 14 nitrogen and oxygen atoms in total. The molecule has 0 fully saturated rings. The molecule has 1 aromatic carbocycles. The first-order valence-electron chi connectivity index (χ1n) is 10.8. The lowest BCUT2D eigenvalue weighted by molar-refractivity contribution is -0.384. The van der Waals surface area contributed by atoms with E-state index < -0.39 is 65.4 Å². The summed E-state index contributed by atoms with van der Waals surface area (Å²) in [7, 11) is 0. The van der Waals surface area contributed by atoms with Crippen LogP contribution in [-0.2, 0) is 19.2 Å². The zero-order valence-corrected chi connectivity index (χ0v) is 19.7. The molecule has 0 radical (unpaired) electrons. The molecule has 0 spiro atoms. The molecule has 0 aliphatic carbocycles. The van der Waals surface area contributed by atoms with E-state index in [1.807, 2.05) is 0 Å². The van der Waals surface area contributed by atoms with Crippen molar-refractivity contribution in [1.82, 2.24) is 16.0 Å². The van der Waals surface area contributed by atoms with Crippen LogP contribution in [0.15, 0.2) is 18.2 Å². The molecule has 0 saturated heterocycles. The Morgan fingerprint density at radius 2 is 1.71 bits per heavy atom. The Bertz CT molecular complexity index is 983. The van der Waals surface area contributed by atoms with Crippen LogP contribution in [0.3, 0.4) is 0 Å². The second-order valence-corrected chi connectivity index (χ2v) is 7.62. The molecule has 0 aliphatic rings. The Morgan fingerprint density at radius 3 is 2.23 bits per heavy atom. The van der Waals surface area contributed by atoms with Crippen LogP contribution in [0, 0.1) is 16.0 Å². The van der Waals surface area contributed by atoms with Crippen LogP contribution in [0.2, 0.25) is 0 Å². The number of carbonyl (C=O) groups excluding carboxylic acids is 5. The molecule has 0 aromatic heterocycles. The van der Waals surface area contributed by atoms with Crippen LogP contribution < -0.4 is 32.2 Å². The first-order chi connectivity index (χ1) is 16.4. The second kappa shape index (κ2) is 13.5. The van der Waals surface area contributed by atoms with Gasteiger partial charge in [0.15, 0.2) is 0 Å². The van der Waals surface area contributed by atoms with E-state index in [0.717, 1.165) is 6.07 Å². The van der Waals surface area contributed by atoms with Gasteiger partial charge in [-0.05, 0) is 18.9 Å². The molecule has 1 aromatic rings. The summed E-state index contributed by atoms with van der Waals surface area (Å²) in [5, 5.41) is 18.2. The van der Waals surface area contributed by atoms with Gasteiger partial charge >= 0.3 is 0 Å². The Hall–Kier alpha value is -4.23. The summed E-state index contributed by atoms with van der Waals surface area (Å²) >= 11 is 0. The number of non-ortho nitro benzene ring substituents is 1. The SMILES string of the molecule is CCOc1ccc([N+](=O)[O-])cc1C(=O)NC(C(=O)NC(CC(N)=O)C(=O)NCC(N)=O)C(C)CC. The van der Waals surface area contributed by atoms with E-state index in [1.54, 1.807) is 20.8 Å². The quantitative estimate of drug-likeness (QED) is 0.160. The van der Waals surface area contributed by atoms with E-state index in [2.05, 4.69) is 16.0 Å². The first-order valence-corrected chi connectivity index (χ1v) is 10.8. The number of benzene rings is 1. The van der Waals surface area contributed by atoms with Crippen LogP contribution in [0.5, 0.6) is 5.75 Å². The molecule has 3 atom stereocenters. The number of ether oxygens (including phenoxy) is 1. The van der Waals surface area contributed by atoms with Crippen LogP contribution in [-0.4, -0.2) is 59.7 Å². The largest absolute Gasteiger partial charge is 0.493 e. The fourth-order valence-corrected chi connectivity index (χ4v) is 2.98. The van der Waals surface area contributed by atoms with Crippen LogP contribution >= 0.6 is 0 Å². The number of rotatable bonds is 14. The molecule has 7 N–H and O–H groups in total. The standard InChI is InChI=1S/C21H30N6O8/c1-4-11(3)18(21(32)25-14(9-16(22)28)20(31)24-10-17(23)29)26-19(30)13-8-12(27(33)34)6-7-15(13)35-5-2/h6-8,11,14,18H,4-5,9-10H2,1-3H3,(H2,22,28)(H2,23,29)(H,24,31)(H,25,32)(H,26,30). The first kappa shape index (κ1) is 28.8. The van der Waals surface area contributed by atoms with Crippen molar-refractivity contribution in [3.8, 4) is 5.75 Å². The molecule has 0 bridgehead atoms. The van der Waals surface area contributed by atoms with E-state index in [1.165, 1.54) is 12.1 Å². The third-order valence-electron chi connectivity index (χ3n) is 4.98. The summed E-state index contributed by atoms with van der Waals surface area (Å²) in [6, 6.07) is 0.861. The molecule has 5 amide bonds. The number of carbonyl (C=O) groups is 5. The third kappa shape index (κ3) is 8.91. The maximum Gasteiger partial charge on any atom is 0.270 e. The number of amides is 5. The zero-order valence-electron chi connectivity index (χ0n) is 19.7. The minimum Gasteiger partial charge on any atom is -0.493 e. The topological polar surface area (TPSA) is 226 Å². The number of nitrogens with one attached hydrogen (secondary N) is 3. The molecule has 3 unspecified atom stereocenters. The predicted octanol–water partition coefficient (Wildman–Crippen LogP) is -0.900. The zero-order chi connectivity index (χ0) is 26.7. The second-order valence-electron chi connectivity index (χ2n) is 7.62. The average Bonchev–Trinajstić information content (AvgIpc) is 2.79. The summed E-state index contributed by atoms with van der Waals surface area (Å²) in [5.41, 5.74) is 9.65. The van der Waals surface area contributed by atoms with E-state index in [4.69, 9.17) is 16.2 Å². The maximum absolute atomic E-state index is 13.0. The minimum atomic E-state index is -1.43. The highest BCUT2D eigenvalue weighted by atomic mass is 16.6. The monoisotopic (exact) mass is 494 g/mol. The molecule has 0 heterocycles. The van der Waals surface area contributed by atoms with Crippen molar-refractivity contribution in [3.05, 3.63) is 33.9 Å². The van der Waals surface area contributed by atoms with Crippen molar-refractivity contribution >= 4 is 35.2 Å². The van der Waals surface area contributed by atoms with Crippen LogP contribution in [0.25, 0.3) is 0 Å². The normalized spacial score (nSPS) is 13.0. The van der Waals surface area contributed by atoms with Crippen LogP contribution in [0.4, 0.5) is 5.69 Å². The van der Waals surface area contributed by atoms with Crippen LogP contribution in [0.1, 0.15) is 44.0 Å². The smallest absolute Gasteiger partial charge is 0.270 e. The van der Waals surface area contributed by atoms with E-state index in [0.29, 0.717) is 6.42 Å². The lowest BCUT2D eigenvalue weighted by Gasteiger charge is -2.26. The van der Waals surface area contributed by atoms with Crippen molar-refractivity contribution in [1.29, 1.82) is 0 Å². The van der Waals surface area contributed by atoms with Gasteiger partial charge < -0.3 is 32.2 Å². The number of hydrogen-bond donors (Lipinski definition) is 5. The summed E-state index contributed by atoms with van der Waals surface area (Å²) in [4.78, 5) is 71.2. The van der Waals surface area contributed by atoms with Crippen molar-refractivity contribution < 1.29 is 33.6 Å². The number of nitrogens with zero attached hydrogens (tertiary/aromatic N) is 1. The Morgan fingerprint density at radius 1 is 1.06 bits per heavy atom. The Balaban J connectivity index is 3.20. The number of nitrogens with two attached hydrogens (primary N) is 2. The number of nitro groups is 1. The predicted molar refractivity (Wildman–Crippen MR) is 123 cm³/mol. The molecule has 0 aliphatic heterocycles. The van der Waals surface area contributed by atoms with Crippen molar-refractivity contribution in [2.75, 3.05) is 13.2 Å². The molecule has 14 heteroatoms. The molecule has 0 saturated carbocycles. The highest BCUT2D eigenvalue weighted by molar-refractivity contribution is 6.01. The Kier molecular flexibility index (Phi) is 11.1.